The second-order valence-corrected chi connectivity index (χ2v) is 7.04. The number of nitrogens with zero attached hydrogens (tertiary/aromatic N) is 1. The van der Waals surface area contributed by atoms with Crippen molar-refractivity contribution < 1.29 is 13.2 Å². The molecule has 0 aromatic heterocycles. The smallest absolute Gasteiger partial charge is 0.370 e. The zero-order valence-electron chi connectivity index (χ0n) is 14.1. The summed E-state index contributed by atoms with van der Waals surface area (Å²) in [6.45, 7) is 9.84. The molecule has 0 aliphatic rings. The molecule has 0 aliphatic carbocycles. The molecule has 132 valence electrons. The first-order chi connectivity index (χ1) is 9.81. The van der Waals surface area contributed by atoms with Gasteiger partial charge in [-0.25, -0.2) is 0 Å². The Morgan fingerprint density at radius 2 is 1.61 bits per heavy atom. The van der Waals surface area contributed by atoms with Gasteiger partial charge in [-0.2, -0.15) is 13.2 Å². The van der Waals surface area contributed by atoms with Gasteiger partial charge in [0.05, 0.1) is 12.1 Å². The number of hydrogen-bond acceptors (Lipinski definition) is 1. The van der Waals surface area contributed by atoms with Crippen molar-refractivity contribution in [2.45, 2.75) is 51.7 Å². The second kappa shape index (κ2) is 7.72. The van der Waals surface area contributed by atoms with Crippen molar-refractivity contribution in [1.29, 1.82) is 0 Å². The summed E-state index contributed by atoms with van der Waals surface area (Å²) in [5, 5.41) is 3.03. The summed E-state index contributed by atoms with van der Waals surface area (Å²) in [5.74, 6) is 0.285. The fourth-order valence-electron chi connectivity index (χ4n) is 1.91. The molecule has 0 heterocycles. The largest absolute Gasteiger partial charge is 0.416 e. The van der Waals surface area contributed by atoms with Gasteiger partial charge in [-0.15, -0.1) is 24.0 Å². The van der Waals surface area contributed by atoms with Gasteiger partial charge in [-0.1, -0.05) is 32.0 Å². The highest BCUT2D eigenvalue weighted by molar-refractivity contribution is 14.0. The Morgan fingerprint density at radius 3 is 2.09 bits per heavy atom. The minimum absolute atomic E-state index is 0. The predicted octanol–water partition coefficient (Wildman–Crippen LogP) is 4.30. The highest BCUT2D eigenvalue weighted by Crippen LogP contribution is 2.32. The highest BCUT2D eigenvalue weighted by Gasteiger charge is 2.32. The zero-order chi connectivity index (χ0) is 17.2. The van der Waals surface area contributed by atoms with E-state index in [1.54, 1.807) is 6.07 Å². The average Bonchev–Trinajstić information content (AvgIpc) is 2.34. The topological polar surface area (TPSA) is 50.4 Å². The molecule has 0 unspecified atom stereocenters. The molecule has 1 aromatic rings. The van der Waals surface area contributed by atoms with E-state index < -0.39 is 17.2 Å². The van der Waals surface area contributed by atoms with E-state index in [4.69, 9.17) is 5.73 Å². The lowest BCUT2D eigenvalue weighted by atomic mass is 9.84. The molecule has 0 amide bonds. The minimum Gasteiger partial charge on any atom is -0.370 e. The normalized spacial score (nSPS) is 13.5. The Hall–Kier alpha value is -0.990. The Bertz CT molecular complexity index is 546. The standard InChI is InChI=1S/C16H24F3N3.HI/c1-14(2,3)22-13(20)21-10-15(4,5)11-7-6-8-12(9-11)16(17,18)19;/h6-9H,10H2,1-5H3,(H3,20,21,22);1H. The highest BCUT2D eigenvalue weighted by atomic mass is 127. The number of halogens is 4. The van der Waals surface area contributed by atoms with Crippen LogP contribution in [-0.2, 0) is 11.6 Å². The minimum atomic E-state index is -4.35. The molecule has 3 N–H and O–H groups in total. The van der Waals surface area contributed by atoms with Gasteiger partial charge in [0.2, 0.25) is 0 Å². The van der Waals surface area contributed by atoms with E-state index >= 15 is 0 Å². The maximum Gasteiger partial charge on any atom is 0.416 e. The lowest BCUT2D eigenvalue weighted by molar-refractivity contribution is -0.137. The van der Waals surface area contributed by atoms with E-state index in [1.807, 2.05) is 34.6 Å². The van der Waals surface area contributed by atoms with E-state index in [0.717, 1.165) is 6.07 Å². The summed E-state index contributed by atoms with van der Waals surface area (Å²) < 4.78 is 38.4. The summed E-state index contributed by atoms with van der Waals surface area (Å²) in [4.78, 5) is 4.25. The van der Waals surface area contributed by atoms with E-state index in [1.165, 1.54) is 12.1 Å². The third kappa shape index (κ3) is 7.41. The molecule has 0 radical (unpaired) electrons. The van der Waals surface area contributed by atoms with Gasteiger partial charge >= 0.3 is 6.18 Å². The zero-order valence-corrected chi connectivity index (χ0v) is 16.4. The van der Waals surface area contributed by atoms with Crippen molar-refractivity contribution in [3.8, 4) is 0 Å². The number of nitrogens with two attached hydrogens (primary N) is 1. The number of hydrogen-bond donors (Lipinski definition) is 2. The first-order valence-electron chi connectivity index (χ1n) is 7.07. The maximum atomic E-state index is 12.8. The fourth-order valence-corrected chi connectivity index (χ4v) is 1.91. The lowest BCUT2D eigenvalue weighted by Gasteiger charge is -2.26. The van der Waals surface area contributed by atoms with Crippen molar-refractivity contribution >= 4 is 29.9 Å². The summed E-state index contributed by atoms with van der Waals surface area (Å²) >= 11 is 0. The van der Waals surface area contributed by atoms with Gasteiger partial charge in [-0.3, -0.25) is 4.99 Å². The SMILES string of the molecule is CC(C)(C)NC(N)=NCC(C)(C)c1cccc(C(F)(F)F)c1.I. The van der Waals surface area contributed by atoms with Gasteiger partial charge in [0.15, 0.2) is 5.96 Å². The van der Waals surface area contributed by atoms with Gasteiger partial charge in [-0.05, 0) is 32.4 Å². The maximum absolute atomic E-state index is 12.8. The van der Waals surface area contributed by atoms with Crippen LogP contribution in [0.15, 0.2) is 29.3 Å². The van der Waals surface area contributed by atoms with E-state index in [0.29, 0.717) is 12.1 Å². The third-order valence-electron chi connectivity index (χ3n) is 3.12. The van der Waals surface area contributed by atoms with Crippen molar-refractivity contribution in [3.63, 3.8) is 0 Å². The van der Waals surface area contributed by atoms with Crippen LogP contribution in [0.25, 0.3) is 0 Å². The van der Waals surface area contributed by atoms with Crippen LogP contribution in [0, 0.1) is 0 Å². The van der Waals surface area contributed by atoms with Crippen LogP contribution < -0.4 is 11.1 Å². The first kappa shape index (κ1) is 22.0. The number of aliphatic imine (C=N–C) groups is 1. The number of alkyl halides is 3. The molecule has 0 spiro atoms. The van der Waals surface area contributed by atoms with Crippen molar-refractivity contribution in [2.75, 3.05) is 6.54 Å². The van der Waals surface area contributed by atoms with E-state index in [9.17, 15) is 13.2 Å². The van der Waals surface area contributed by atoms with Crippen LogP contribution in [0.1, 0.15) is 45.7 Å². The molecule has 0 fully saturated rings. The van der Waals surface area contributed by atoms with Gasteiger partial charge in [0.25, 0.3) is 0 Å². The molecule has 0 aliphatic heterocycles. The molecule has 1 aromatic carbocycles. The summed E-state index contributed by atoms with van der Waals surface area (Å²) in [5.41, 5.74) is 4.97. The first-order valence-corrected chi connectivity index (χ1v) is 7.07. The summed E-state index contributed by atoms with van der Waals surface area (Å²) in [7, 11) is 0. The number of nitrogens with one attached hydrogen (secondary N) is 1. The second-order valence-electron chi connectivity index (χ2n) is 7.04. The van der Waals surface area contributed by atoms with Crippen LogP contribution >= 0.6 is 24.0 Å². The van der Waals surface area contributed by atoms with Crippen LogP contribution in [-0.4, -0.2) is 18.0 Å². The Labute approximate surface area is 153 Å². The monoisotopic (exact) mass is 443 g/mol. The molecule has 1 rings (SSSR count). The number of benzene rings is 1. The molecule has 0 bridgehead atoms. The molecule has 0 atom stereocenters. The lowest BCUT2D eigenvalue weighted by Crippen LogP contribution is -2.45. The molecule has 23 heavy (non-hydrogen) atoms. The third-order valence-corrected chi connectivity index (χ3v) is 3.12. The van der Waals surface area contributed by atoms with Crippen LogP contribution in [0.5, 0.6) is 0 Å². The van der Waals surface area contributed by atoms with E-state index in [2.05, 4.69) is 10.3 Å². The van der Waals surface area contributed by atoms with E-state index in [-0.39, 0.29) is 35.5 Å². The van der Waals surface area contributed by atoms with Crippen molar-refractivity contribution in [2.24, 2.45) is 10.7 Å². The van der Waals surface area contributed by atoms with Gasteiger partial charge in [0, 0.05) is 11.0 Å². The Balaban J connectivity index is 0.00000484. The van der Waals surface area contributed by atoms with Gasteiger partial charge in [0.1, 0.15) is 0 Å². The van der Waals surface area contributed by atoms with Gasteiger partial charge < -0.3 is 11.1 Å². The quantitative estimate of drug-likeness (QED) is 0.416. The fraction of sp³-hybridized carbons (Fsp3) is 0.562. The van der Waals surface area contributed by atoms with Crippen molar-refractivity contribution in [3.05, 3.63) is 35.4 Å². The molecule has 3 nitrogen and oxygen atoms in total. The van der Waals surface area contributed by atoms with Crippen LogP contribution in [0.3, 0.4) is 0 Å². The van der Waals surface area contributed by atoms with Crippen LogP contribution in [0.2, 0.25) is 0 Å². The number of rotatable bonds is 3. The Morgan fingerprint density at radius 1 is 1.09 bits per heavy atom. The predicted molar refractivity (Wildman–Crippen MR) is 99.3 cm³/mol. The molecule has 0 saturated heterocycles. The van der Waals surface area contributed by atoms with Crippen molar-refractivity contribution in [1.82, 2.24) is 5.32 Å². The number of guanidine groups is 1. The van der Waals surface area contributed by atoms with Crippen LogP contribution in [0.4, 0.5) is 13.2 Å². The molecular weight excluding hydrogens is 418 g/mol. The molecule has 7 heteroatoms. The summed E-state index contributed by atoms with van der Waals surface area (Å²) in [6.07, 6.45) is -4.35. The molecular formula is C16H25F3IN3. The molecule has 0 saturated carbocycles. The Kier molecular flexibility index (Phi) is 7.39. The summed E-state index contributed by atoms with van der Waals surface area (Å²) in [6, 6.07) is 5.33. The average molecular weight is 443 g/mol.